The van der Waals surface area contributed by atoms with Gasteiger partial charge in [-0.25, -0.2) is 0 Å². The minimum Gasteiger partial charge on any atom is -0.324 e. The van der Waals surface area contributed by atoms with E-state index in [1.54, 1.807) is 24.3 Å². The molecule has 0 bridgehead atoms. The lowest BCUT2D eigenvalue weighted by Gasteiger charge is -2.01. The second-order valence-corrected chi connectivity index (χ2v) is 3.11. The molecule has 0 saturated carbocycles. The van der Waals surface area contributed by atoms with Crippen LogP contribution in [0.3, 0.4) is 0 Å². The molecule has 1 rings (SSSR count). The van der Waals surface area contributed by atoms with E-state index in [0.717, 1.165) is 0 Å². The van der Waals surface area contributed by atoms with E-state index in [9.17, 15) is 8.78 Å². The summed E-state index contributed by atoms with van der Waals surface area (Å²) in [6.45, 7) is 0. The van der Waals surface area contributed by atoms with Gasteiger partial charge < -0.3 is 5.43 Å². The molecule has 0 saturated heterocycles. The summed E-state index contributed by atoms with van der Waals surface area (Å²) in [5.74, 6) is 2.72. The van der Waals surface area contributed by atoms with Crippen molar-refractivity contribution in [3.05, 3.63) is 24.3 Å². The van der Waals surface area contributed by atoms with Crippen molar-refractivity contribution in [2.24, 2.45) is 5.84 Å². The van der Waals surface area contributed by atoms with Crippen molar-refractivity contribution in [1.29, 1.82) is 0 Å². The molecule has 0 spiro atoms. The third-order valence-corrected chi connectivity index (χ3v) is 1.97. The number of halogens is 2. The Morgan fingerprint density at radius 3 is 2.25 bits per heavy atom. The van der Waals surface area contributed by atoms with E-state index in [0.29, 0.717) is 22.3 Å². The minimum absolute atomic E-state index is 0.516. The maximum Gasteiger partial charge on any atom is 0.288 e. The quantitative estimate of drug-likeness (QED) is 0.436. The summed E-state index contributed by atoms with van der Waals surface area (Å²) < 4.78 is 23.7. The molecule has 0 unspecified atom stereocenters. The van der Waals surface area contributed by atoms with E-state index in [4.69, 9.17) is 5.84 Å². The molecule has 0 aliphatic heterocycles. The summed E-state index contributed by atoms with van der Waals surface area (Å²) in [6.07, 6.45) is 0. The van der Waals surface area contributed by atoms with Gasteiger partial charge in [-0.2, -0.15) is 8.78 Å². The monoisotopic (exact) mass is 190 g/mol. The van der Waals surface area contributed by atoms with E-state index < -0.39 is 5.76 Å². The van der Waals surface area contributed by atoms with Crippen LogP contribution < -0.4 is 11.3 Å². The lowest BCUT2D eigenvalue weighted by Crippen LogP contribution is -2.05. The lowest BCUT2D eigenvalue weighted by atomic mass is 10.3. The summed E-state index contributed by atoms with van der Waals surface area (Å²) in [5, 5.41) is 0. The average Bonchev–Trinajstić information content (AvgIpc) is 2.05. The summed E-state index contributed by atoms with van der Waals surface area (Å²) in [5.41, 5.74) is 3.11. The van der Waals surface area contributed by atoms with Crippen LogP contribution in [0.2, 0.25) is 0 Å². The van der Waals surface area contributed by atoms with Gasteiger partial charge in [0, 0.05) is 10.6 Å². The SMILES string of the molecule is NNc1ccc(SC(F)F)cc1. The first-order valence-electron chi connectivity index (χ1n) is 3.24. The van der Waals surface area contributed by atoms with Crippen LogP contribution in [-0.2, 0) is 0 Å². The Hall–Kier alpha value is -0.810. The Morgan fingerprint density at radius 2 is 1.83 bits per heavy atom. The van der Waals surface area contributed by atoms with Crippen molar-refractivity contribution in [1.82, 2.24) is 0 Å². The van der Waals surface area contributed by atoms with Crippen molar-refractivity contribution in [2.75, 3.05) is 5.43 Å². The van der Waals surface area contributed by atoms with Crippen molar-refractivity contribution in [2.45, 2.75) is 10.7 Å². The van der Waals surface area contributed by atoms with E-state index >= 15 is 0 Å². The van der Waals surface area contributed by atoms with Crippen molar-refractivity contribution in [3.8, 4) is 0 Å². The highest BCUT2D eigenvalue weighted by atomic mass is 32.2. The highest BCUT2D eigenvalue weighted by Crippen LogP contribution is 2.25. The topological polar surface area (TPSA) is 38.0 Å². The molecule has 0 aliphatic carbocycles. The van der Waals surface area contributed by atoms with Gasteiger partial charge >= 0.3 is 0 Å². The molecule has 1 aromatic rings. The molecule has 66 valence electrons. The zero-order chi connectivity index (χ0) is 8.97. The molecule has 3 N–H and O–H groups in total. The molecule has 0 amide bonds. The summed E-state index contributed by atoms with van der Waals surface area (Å²) in [6, 6.07) is 6.47. The van der Waals surface area contributed by atoms with Crippen LogP contribution in [0.25, 0.3) is 0 Å². The van der Waals surface area contributed by atoms with Gasteiger partial charge in [0.15, 0.2) is 0 Å². The molecule has 1 aromatic carbocycles. The predicted octanol–water partition coefficient (Wildman–Crippen LogP) is 2.29. The summed E-state index contributed by atoms with van der Waals surface area (Å²) >= 11 is 0.516. The highest BCUT2D eigenvalue weighted by molar-refractivity contribution is 7.99. The molecule has 12 heavy (non-hydrogen) atoms. The summed E-state index contributed by atoms with van der Waals surface area (Å²) in [7, 11) is 0. The molecule has 0 aromatic heterocycles. The van der Waals surface area contributed by atoms with Gasteiger partial charge in [0.25, 0.3) is 5.76 Å². The van der Waals surface area contributed by atoms with E-state index in [-0.39, 0.29) is 0 Å². The zero-order valence-electron chi connectivity index (χ0n) is 6.13. The second-order valence-electron chi connectivity index (χ2n) is 2.05. The van der Waals surface area contributed by atoms with Crippen LogP contribution in [0, 0.1) is 0 Å². The van der Waals surface area contributed by atoms with Crippen molar-refractivity contribution < 1.29 is 8.78 Å². The molecule has 0 atom stereocenters. The Kier molecular flexibility index (Phi) is 3.31. The maximum atomic E-state index is 11.8. The third kappa shape index (κ3) is 2.67. The van der Waals surface area contributed by atoms with Crippen LogP contribution >= 0.6 is 11.8 Å². The third-order valence-electron chi connectivity index (χ3n) is 1.25. The Labute approximate surface area is 73.1 Å². The fourth-order valence-corrected chi connectivity index (χ4v) is 1.23. The number of hydrogen-bond donors (Lipinski definition) is 2. The number of benzene rings is 1. The standard InChI is InChI=1S/C7H8F2N2S/c8-7(9)12-6-3-1-5(11-10)2-4-6/h1-4,7,11H,10H2. The van der Waals surface area contributed by atoms with Crippen LogP contribution in [0.15, 0.2) is 29.2 Å². The Morgan fingerprint density at radius 1 is 1.25 bits per heavy atom. The number of thioether (sulfide) groups is 1. The number of anilines is 1. The zero-order valence-corrected chi connectivity index (χ0v) is 6.94. The normalized spacial score (nSPS) is 10.3. The second kappa shape index (κ2) is 4.27. The van der Waals surface area contributed by atoms with Gasteiger partial charge in [0.05, 0.1) is 0 Å². The summed E-state index contributed by atoms with van der Waals surface area (Å²) in [4.78, 5) is 0.531. The van der Waals surface area contributed by atoms with Gasteiger partial charge in [-0.1, -0.05) is 11.8 Å². The van der Waals surface area contributed by atoms with Crippen molar-refractivity contribution >= 4 is 17.4 Å². The molecule has 0 aliphatic rings. The number of nitrogens with two attached hydrogens (primary N) is 1. The van der Waals surface area contributed by atoms with Gasteiger partial charge in [0.1, 0.15) is 0 Å². The number of nitrogens with one attached hydrogen (secondary N) is 1. The van der Waals surface area contributed by atoms with Gasteiger partial charge in [-0.05, 0) is 24.3 Å². The molecular formula is C7H8F2N2S. The first-order chi connectivity index (χ1) is 5.72. The number of hydrazine groups is 1. The largest absolute Gasteiger partial charge is 0.324 e. The molecule has 5 heteroatoms. The van der Waals surface area contributed by atoms with Gasteiger partial charge in [0.2, 0.25) is 0 Å². The molecule has 0 radical (unpaired) electrons. The fourth-order valence-electron chi connectivity index (χ4n) is 0.733. The van der Waals surface area contributed by atoms with Crippen LogP contribution in [0.4, 0.5) is 14.5 Å². The predicted molar refractivity (Wildman–Crippen MR) is 46.1 cm³/mol. The first-order valence-corrected chi connectivity index (χ1v) is 4.12. The van der Waals surface area contributed by atoms with E-state index in [1.807, 2.05) is 0 Å². The van der Waals surface area contributed by atoms with Crippen molar-refractivity contribution in [3.63, 3.8) is 0 Å². The molecule has 0 fully saturated rings. The van der Waals surface area contributed by atoms with Crippen LogP contribution in [0.5, 0.6) is 0 Å². The first kappa shape index (κ1) is 9.28. The molecular weight excluding hydrogens is 182 g/mol. The van der Waals surface area contributed by atoms with E-state index in [2.05, 4.69) is 5.43 Å². The number of nitrogen functional groups attached to an aromatic ring is 1. The van der Waals surface area contributed by atoms with Gasteiger partial charge in [-0.3, -0.25) is 5.84 Å². The minimum atomic E-state index is -2.37. The number of hydrogen-bond acceptors (Lipinski definition) is 3. The van der Waals surface area contributed by atoms with E-state index in [1.165, 1.54) is 0 Å². The Bertz CT molecular complexity index is 238. The smallest absolute Gasteiger partial charge is 0.288 e. The van der Waals surface area contributed by atoms with Crippen LogP contribution in [0.1, 0.15) is 0 Å². The fraction of sp³-hybridized carbons (Fsp3) is 0.143. The Balaban J connectivity index is 2.65. The molecule has 2 nitrogen and oxygen atoms in total. The average molecular weight is 190 g/mol. The number of rotatable bonds is 3. The lowest BCUT2D eigenvalue weighted by molar-refractivity contribution is 0.252. The highest BCUT2D eigenvalue weighted by Gasteiger charge is 2.03. The molecule has 0 heterocycles. The van der Waals surface area contributed by atoms with Crippen LogP contribution in [-0.4, -0.2) is 5.76 Å². The van der Waals surface area contributed by atoms with Gasteiger partial charge in [-0.15, -0.1) is 0 Å². The number of alkyl halides is 2. The maximum absolute atomic E-state index is 11.8.